The maximum atomic E-state index is 12.9. The molecule has 0 N–H and O–H groups in total. The van der Waals surface area contributed by atoms with Gasteiger partial charge in [-0.1, -0.05) is 23.7 Å². The summed E-state index contributed by atoms with van der Waals surface area (Å²) in [6.07, 6.45) is 1.62. The fourth-order valence-electron chi connectivity index (χ4n) is 3.99. The summed E-state index contributed by atoms with van der Waals surface area (Å²) in [5, 5.41) is 0.198. The number of nitrogens with zero attached hydrogens (tertiary/aromatic N) is 3. The van der Waals surface area contributed by atoms with E-state index >= 15 is 0 Å². The molecule has 0 radical (unpaired) electrons. The summed E-state index contributed by atoms with van der Waals surface area (Å²) in [6.45, 7) is 7.90. The molecule has 2 aliphatic heterocycles. The largest absolute Gasteiger partial charge is 0.444 e. The van der Waals surface area contributed by atoms with Crippen LogP contribution in [0.5, 0.6) is 0 Å². The third-order valence-electron chi connectivity index (χ3n) is 5.78. The maximum absolute atomic E-state index is 12.9. The van der Waals surface area contributed by atoms with Crippen molar-refractivity contribution in [2.75, 3.05) is 39.3 Å². The highest BCUT2D eigenvalue weighted by Crippen LogP contribution is 2.26. The lowest BCUT2D eigenvalue weighted by atomic mass is 9.93. The third kappa shape index (κ3) is 6.14. The highest BCUT2D eigenvalue weighted by atomic mass is 35.5. The van der Waals surface area contributed by atoms with Gasteiger partial charge in [-0.2, -0.15) is 4.31 Å². The molecule has 0 aliphatic carbocycles. The van der Waals surface area contributed by atoms with Crippen molar-refractivity contribution >= 4 is 33.6 Å². The number of likely N-dealkylation sites (tertiary alicyclic amines) is 1. The first-order chi connectivity index (χ1) is 15.0. The second kappa shape index (κ2) is 9.97. The summed E-state index contributed by atoms with van der Waals surface area (Å²) < 4.78 is 32.5. The van der Waals surface area contributed by atoms with Crippen molar-refractivity contribution in [1.29, 1.82) is 0 Å². The molecule has 0 saturated carbocycles. The molecule has 2 fully saturated rings. The van der Waals surface area contributed by atoms with Crippen molar-refractivity contribution in [1.82, 2.24) is 14.1 Å². The van der Waals surface area contributed by atoms with Crippen molar-refractivity contribution in [3.8, 4) is 0 Å². The Labute approximate surface area is 195 Å². The topological polar surface area (TPSA) is 87.2 Å². The Morgan fingerprint density at radius 1 is 1.00 bits per heavy atom. The monoisotopic (exact) mass is 485 g/mol. The molecule has 2 heterocycles. The molecule has 32 heavy (non-hydrogen) atoms. The number of hydrogen-bond acceptors (Lipinski definition) is 5. The number of benzene rings is 1. The van der Waals surface area contributed by atoms with Crippen LogP contribution >= 0.6 is 11.6 Å². The fraction of sp³-hybridized carbons (Fsp3) is 0.636. The molecule has 0 bridgehead atoms. The summed E-state index contributed by atoms with van der Waals surface area (Å²) in [5.74, 6) is 0.251. The molecule has 1 aromatic carbocycles. The number of carbonyl (C=O) groups excluding carboxylic acids is 2. The first-order valence-electron chi connectivity index (χ1n) is 11.0. The van der Waals surface area contributed by atoms with E-state index < -0.39 is 15.6 Å². The molecule has 1 aromatic rings. The summed E-state index contributed by atoms with van der Waals surface area (Å²) in [4.78, 5) is 28.5. The first kappa shape index (κ1) is 24.8. The van der Waals surface area contributed by atoms with E-state index in [1.165, 1.54) is 10.4 Å². The lowest BCUT2D eigenvalue weighted by molar-refractivity contribution is -0.133. The number of piperazine rings is 1. The van der Waals surface area contributed by atoms with Crippen molar-refractivity contribution in [3.05, 3.63) is 29.3 Å². The highest BCUT2D eigenvalue weighted by molar-refractivity contribution is 7.89. The van der Waals surface area contributed by atoms with Gasteiger partial charge < -0.3 is 14.5 Å². The van der Waals surface area contributed by atoms with Crippen LogP contribution in [0.15, 0.2) is 29.2 Å². The molecule has 10 heteroatoms. The quantitative estimate of drug-likeness (QED) is 0.653. The molecular formula is C22H32ClN3O5S. The third-order valence-corrected chi connectivity index (χ3v) is 8.17. The van der Waals surface area contributed by atoms with Crippen molar-refractivity contribution in [3.63, 3.8) is 0 Å². The van der Waals surface area contributed by atoms with Crippen molar-refractivity contribution in [2.24, 2.45) is 5.92 Å². The standard InChI is InChI=1S/C22H32ClN3O5S/c1-22(2,3)31-21(28)25-10-8-17(9-11-25)16-20(27)24-12-14-26(15-13-24)32(29,30)19-7-5-4-6-18(19)23/h4-7,17H,8-16H2,1-3H3. The average Bonchev–Trinajstić information content (AvgIpc) is 2.73. The van der Waals surface area contributed by atoms with Crippen LogP contribution < -0.4 is 0 Å². The van der Waals surface area contributed by atoms with Crippen LogP contribution in [-0.4, -0.2) is 79.4 Å². The Morgan fingerprint density at radius 2 is 1.59 bits per heavy atom. The Morgan fingerprint density at radius 3 is 2.16 bits per heavy atom. The van der Waals surface area contributed by atoms with Gasteiger partial charge in [-0.3, -0.25) is 4.79 Å². The number of amides is 2. The Bertz CT molecular complexity index is 931. The van der Waals surface area contributed by atoms with Gasteiger partial charge >= 0.3 is 6.09 Å². The van der Waals surface area contributed by atoms with Gasteiger partial charge in [0.2, 0.25) is 15.9 Å². The first-order valence-corrected chi connectivity index (χ1v) is 12.8. The molecule has 0 unspecified atom stereocenters. The number of rotatable bonds is 4. The second-order valence-electron chi connectivity index (χ2n) is 9.33. The summed E-state index contributed by atoms with van der Waals surface area (Å²) in [5.41, 5.74) is -0.522. The van der Waals surface area contributed by atoms with Gasteiger partial charge in [0.15, 0.2) is 0 Å². The number of sulfonamides is 1. The fourth-order valence-corrected chi connectivity index (χ4v) is 5.91. The van der Waals surface area contributed by atoms with Gasteiger partial charge in [-0.15, -0.1) is 0 Å². The molecule has 0 aromatic heterocycles. The van der Waals surface area contributed by atoms with E-state index in [0.29, 0.717) is 32.6 Å². The lowest BCUT2D eigenvalue weighted by Crippen LogP contribution is -2.51. The summed E-state index contributed by atoms with van der Waals surface area (Å²) in [6, 6.07) is 6.39. The van der Waals surface area contributed by atoms with E-state index in [1.54, 1.807) is 28.0 Å². The van der Waals surface area contributed by atoms with Crippen LogP contribution in [0.3, 0.4) is 0 Å². The summed E-state index contributed by atoms with van der Waals surface area (Å²) in [7, 11) is -3.68. The molecule has 3 rings (SSSR count). The van der Waals surface area contributed by atoms with E-state index in [0.717, 1.165) is 12.8 Å². The normalized spacial score (nSPS) is 19.1. The van der Waals surface area contributed by atoms with E-state index in [-0.39, 0.29) is 40.9 Å². The van der Waals surface area contributed by atoms with Gasteiger partial charge in [-0.05, 0) is 51.7 Å². The van der Waals surface area contributed by atoms with Crippen LogP contribution in [0.25, 0.3) is 0 Å². The molecular weight excluding hydrogens is 454 g/mol. The van der Waals surface area contributed by atoms with E-state index in [9.17, 15) is 18.0 Å². The Balaban J connectivity index is 1.46. The SMILES string of the molecule is CC(C)(C)OC(=O)N1CCC(CC(=O)N2CCN(S(=O)(=O)c3ccccc3Cl)CC2)CC1. The molecule has 178 valence electrons. The highest BCUT2D eigenvalue weighted by Gasteiger charge is 2.33. The van der Waals surface area contributed by atoms with Crippen LogP contribution in [0, 0.1) is 5.92 Å². The van der Waals surface area contributed by atoms with E-state index in [2.05, 4.69) is 0 Å². The van der Waals surface area contributed by atoms with Gasteiger partial charge in [0.25, 0.3) is 0 Å². The smallest absolute Gasteiger partial charge is 0.410 e. The molecule has 2 amide bonds. The number of piperidine rings is 1. The van der Waals surface area contributed by atoms with Crippen LogP contribution in [0.1, 0.15) is 40.0 Å². The zero-order valence-corrected chi connectivity index (χ0v) is 20.5. The van der Waals surface area contributed by atoms with Crippen LogP contribution in [0.4, 0.5) is 4.79 Å². The number of ether oxygens (including phenoxy) is 1. The second-order valence-corrected chi connectivity index (χ2v) is 11.6. The molecule has 2 saturated heterocycles. The predicted molar refractivity (Wildman–Crippen MR) is 122 cm³/mol. The van der Waals surface area contributed by atoms with Gasteiger partial charge in [0, 0.05) is 45.7 Å². The lowest BCUT2D eigenvalue weighted by Gasteiger charge is -2.36. The zero-order chi connectivity index (χ0) is 23.5. The van der Waals surface area contributed by atoms with Crippen molar-refractivity contribution < 1.29 is 22.7 Å². The minimum atomic E-state index is -3.68. The predicted octanol–water partition coefficient (Wildman–Crippen LogP) is 3.21. The van der Waals surface area contributed by atoms with Crippen LogP contribution in [0.2, 0.25) is 5.02 Å². The van der Waals surface area contributed by atoms with Gasteiger partial charge in [-0.25, -0.2) is 13.2 Å². The Hall–Kier alpha value is -1.84. The molecule has 2 aliphatic rings. The minimum Gasteiger partial charge on any atom is -0.444 e. The van der Waals surface area contributed by atoms with Crippen molar-refractivity contribution in [2.45, 2.75) is 50.5 Å². The zero-order valence-electron chi connectivity index (χ0n) is 18.9. The van der Waals surface area contributed by atoms with Gasteiger partial charge in [0.05, 0.1) is 5.02 Å². The molecule has 0 atom stereocenters. The van der Waals surface area contributed by atoms with Gasteiger partial charge in [0.1, 0.15) is 10.5 Å². The molecule has 8 nitrogen and oxygen atoms in total. The average molecular weight is 486 g/mol. The number of carbonyl (C=O) groups is 2. The van der Waals surface area contributed by atoms with E-state index in [1.807, 2.05) is 20.8 Å². The maximum Gasteiger partial charge on any atom is 0.410 e. The van der Waals surface area contributed by atoms with E-state index in [4.69, 9.17) is 16.3 Å². The number of halogens is 1. The minimum absolute atomic E-state index is 0.0375. The molecule has 0 spiro atoms. The Kier molecular flexibility index (Phi) is 7.73. The number of hydrogen-bond donors (Lipinski definition) is 0. The van der Waals surface area contributed by atoms with Crippen LogP contribution in [-0.2, 0) is 19.6 Å². The summed E-state index contributed by atoms with van der Waals surface area (Å²) >= 11 is 6.07.